The van der Waals surface area contributed by atoms with E-state index in [1.165, 1.54) is 67.5 Å². The van der Waals surface area contributed by atoms with E-state index in [0.29, 0.717) is 0 Å². The summed E-state index contributed by atoms with van der Waals surface area (Å²) in [5, 5.41) is 0. The van der Waals surface area contributed by atoms with Crippen LogP contribution in [0.25, 0.3) is 11.1 Å². The van der Waals surface area contributed by atoms with Gasteiger partial charge in [-0.1, -0.05) is 91.0 Å². The van der Waals surface area contributed by atoms with E-state index < -0.39 is 0 Å². The number of fused-ring (bicyclic) bond motifs is 3. The molecule has 5 aromatic rings. The van der Waals surface area contributed by atoms with Crippen molar-refractivity contribution in [2.24, 2.45) is 0 Å². The Morgan fingerprint density at radius 3 is 1.50 bits per heavy atom. The highest BCUT2D eigenvalue weighted by Crippen LogP contribution is 2.45. The molecule has 2 heteroatoms. The fraction of sp³-hybridized carbons (Fsp3) is 0.105. The van der Waals surface area contributed by atoms with Gasteiger partial charge in [-0.05, 0) is 88.7 Å². The van der Waals surface area contributed by atoms with E-state index >= 15 is 0 Å². The Morgan fingerprint density at radius 2 is 0.925 bits per heavy atom. The van der Waals surface area contributed by atoms with Crippen molar-refractivity contribution in [2.45, 2.75) is 25.7 Å². The summed E-state index contributed by atoms with van der Waals surface area (Å²) >= 11 is 0. The molecule has 2 aliphatic heterocycles. The summed E-state index contributed by atoms with van der Waals surface area (Å²) in [5.41, 5.74) is 15.8. The van der Waals surface area contributed by atoms with Crippen LogP contribution in [0.15, 0.2) is 145 Å². The van der Waals surface area contributed by atoms with Gasteiger partial charge in [0.1, 0.15) is 0 Å². The third-order valence-electron chi connectivity index (χ3n) is 8.55. The van der Waals surface area contributed by atoms with E-state index in [9.17, 15) is 0 Å². The highest BCUT2D eigenvalue weighted by atomic mass is 15.2. The highest BCUT2D eigenvalue weighted by molar-refractivity contribution is 5.84. The lowest BCUT2D eigenvalue weighted by Crippen LogP contribution is -2.24. The monoisotopic (exact) mass is 514 g/mol. The van der Waals surface area contributed by atoms with Gasteiger partial charge in [0.25, 0.3) is 0 Å². The number of rotatable bonds is 3. The first-order valence-electron chi connectivity index (χ1n) is 14.3. The van der Waals surface area contributed by atoms with E-state index in [1.54, 1.807) is 0 Å². The molecule has 1 aliphatic carbocycles. The van der Waals surface area contributed by atoms with Gasteiger partial charge in [-0.15, -0.1) is 0 Å². The van der Waals surface area contributed by atoms with Crippen molar-refractivity contribution < 1.29 is 0 Å². The molecule has 0 amide bonds. The minimum atomic E-state index is 0.976. The van der Waals surface area contributed by atoms with Gasteiger partial charge in [-0.3, -0.25) is 0 Å². The number of allylic oxidation sites excluding steroid dienone is 4. The van der Waals surface area contributed by atoms with Crippen LogP contribution in [0.4, 0.5) is 28.4 Å². The van der Waals surface area contributed by atoms with Crippen LogP contribution in [0.5, 0.6) is 0 Å². The van der Waals surface area contributed by atoms with E-state index in [0.717, 1.165) is 25.7 Å². The summed E-state index contributed by atoms with van der Waals surface area (Å²) < 4.78 is 0. The normalized spacial score (nSPS) is 15.3. The second-order valence-corrected chi connectivity index (χ2v) is 10.9. The predicted octanol–water partition coefficient (Wildman–Crippen LogP) is 10.0. The molecule has 0 saturated heterocycles. The van der Waals surface area contributed by atoms with Crippen molar-refractivity contribution in [2.75, 3.05) is 9.80 Å². The minimum Gasteiger partial charge on any atom is -0.314 e. The van der Waals surface area contributed by atoms with Crippen molar-refractivity contribution in [3.63, 3.8) is 0 Å². The summed E-state index contributed by atoms with van der Waals surface area (Å²) in [6.45, 7) is 0. The van der Waals surface area contributed by atoms with Crippen LogP contribution in [0.3, 0.4) is 0 Å². The maximum absolute atomic E-state index is 2.48. The smallest absolute Gasteiger partial charge is 0.0497 e. The molecular weight excluding hydrogens is 484 g/mol. The maximum Gasteiger partial charge on any atom is 0.0497 e. The Hall–Kier alpha value is -4.82. The molecule has 0 saturated carbocycles. The van der Waals surface area contributed by atoms with E-state index in [2.05, 4.69) is 143 Å². The Kier molecular flexibility index (Phi) is 5.44. The van der Waals surface area contributed by atoms with Gasteiger partial charge >= 0.3 is 0 Å². The van der Waals surface area contributed by atoms with Gasteiger partial charge in [-0.25, -0.2) is 0 Å². The zero-order valence-electron chi connectivity index (χ0n) is 22.4. The van der Waals surface area contributed by atoms with Crippen LogP contribution >= 0.6 is 0 Å². The zero-order chi connectivity index (χ0) is 26.5. The molecule has 2 nitrogen and oxygen atoms in total. The molecule has 40 heavy (non-hydrogen) atoms. The molecule has 0 spiro atoms. The first kappa shape index (κ1) is 23.1. The van der Waals surface area contributed by atoms with Crippen LogP contribution in [-0.2, 0) is 12.8 Å². The molecule has 2 heterocycles. The summed E-state index contributed by atoms with van der Waals surface area (Å²) in [6.07, 6.45) is 8.84. The number of para-hydroxylation sites is 3. The molecule has 0 bridgehead atoms. The number of nitrogens with zero attached hydrogens (tertiary/aromatic N) is 2. The first-order chi connectivity index (χ1) is 19.8. The van der Waals surface area contributed by atoms with E-state index in [4.69, 9.17) is 0 Å². The predicted molar refractivity (Wildman–Crippen MR) is 167 cm³/mol. The van der Waals surface area contributed by atoms with E-state index in [1.807, 2.05) is 0 Å². The molecule has 0 radical (unpaired) electrons. The van der Waals surface area contributed by atoms with Crippen molar-refractivity contribution >= 4 is 28.4 Å². The number of hydrogen-bond donors (Lipinski definition) is 0. The fourth-order valence-electron chi connectivity index (χ4n) is 6.62. The van der Waals surface area contributed by atoms with Crippen LogP contribution in [-0.4, -0.2) is 0 Å². The van der Waals surface area contributed by atoms with Gasteiger partial charge in [-0.2, -0.15) is 0 Å². The molecule has 0 unspecified atom stereocenters. The van der Waals surface area contributed by atoms with Crippen molar-refractivity contribution in [1.29, 1.82) is 0 Å². The summed E-state index contributed by atoms with van der Waals surface area (Å²) in [6, 6.07) is 44.5. The first-order valence-corrected chi connectivity index (χ1v) is 14.3. The van der Waals surface area contributed by atoms with Crippen molar-refractivity contribution in [3.8, 4) is 11.1 Å². The number of benzene rings is 5. The zero-order valence-corrected chi connectivity index (χ0v) is 22.4. The molecular formula is C38H30N2. The van der Waals surface area contributed by atoms with Gasteiger partial charge in [0, 0.05) is 47.0 Å². The largest absolute Gasteiger partial charge is 0.314 e. The summed E-state index contributed by atoms with van der Waals surface area (Å²) in [7, 11) is 0. The SMILES string of the molecule is C1=CC2=C(CC1)N(c1ccc(-c3ccc(N4c5ccccc5Cc5ccccc54)cc3)cc1)c1ccccc1C2. The minimum absolute atomic E-state index is 0.976. The molecule has 3 aliphatic rings. The Labute approximate surface area is 236 Å². The Morgan fingerprint density at radius 1 is 0.450 bits per heavy atom. The topological polar surface area (TPSA) is 6.48 Å². The second kappa shape index (κ2) is 9.43. The molecule has 8 rings (SSSR count). The Bertz CT molecular complexity index is 1750. The summed E-state index contributed by atoms with van der Waals surface area (Å²) in [5.74, 6) is 0. The third-order valence-corrected chi connectivity index (χ3v) is 8.55. The molecule has 0 atom stereocenters. The lowest BCUT2D eigenvalue weighted by molar-refractivity contribution is 0.859. The van der Waals surface area contributed by atoms with Gasteiger partial charge < -0.3 is 9.80 Å². The molecule has 0 N–H and O–H groups in total. The van der Waals surface area contributed by atoms with Crippen LogP contribution < -0.4 is 9.80 Å². The van der Waals surface area contributed by atoms with Crippen LogP contribution in [0.2, 0.25) is 0 Å². The van der Waals surface area contributed by atoms with Gasteiger partial charge in [0.15, 0.2) is 0 Å². The van der Waals surface area contributed by atoms with Crippen LogP contribution in [0.1, 0.15) is 29.5 Å². The second-order valence-electron chi connectivity index (χ2n) is 10.9. The van der Waals surface area contributed by atoms with Gasteiger partial charge in [0.2, 0.25) is 0 Å². The van der Waals surface area contributed by atoms with Crippen molar-refractivity contribution in [3.05, 3.63) is 161 Å². The number of hydrogen-bond acceptors (Lipinski definition) is 2. The molecule has 0 aromatic heterocycles. The van der Waals surface area contributed by atoms with Crippen molar-refractivity contribution in [1.82, 2.24) is 0 Å². The number of anilines is 5. The van der Waals surface area contributed by atoms with Gasteiger partial charge in [0.05, 0.1) is 0 Å². The standard InChI is InChI=1S/C38H30N2/c1-5-13-35-29(9-1)25-30-10-2-6-14-36(30)39(35)33-21-17-27(18-22-33)28-19-23-34(24-20-28)40-37-15-7-3-11-31(37)26-32-12-4-8-16-38(32)40/h1-7,9-15,17-24H,8,16,25-26H2. The molecule has 192 valence electrons. The molecule has 5 aromatic carbocycles. The third kappa shape index (κ3) is 3.79. The average molecular weight is 515 g/mol. The fourth-order valence-corrected chi connectivity index (χ4v) is 6.62. The Balaban J connectivity index is 1.13. The lowest BCUT2D eigenvalue weighted by atomic mass is 9.90. The van der Waals surface area contributed by atoms with Crippen LogP contribution in [0, 0.1) is 0 Å². The average Bonchev–Trinajstić information content (AvgIpc) is 3.03. The quantitative estimate of drug-likeness (QED) is 0.232. The summed E-state index contributed by atoms with van der Waals surface area (Å²) in [4.78, 5) is 4.88. The molecule has 0 fully saturated rings. The van der Waals surface area contributed by atoms with E-state index in [-0.39, 0.29) is 0 Å². The highest BCUT2D eigenvalue weighted by Gasteiger charge is 2.26. The maximum atomic E-state index is 2.48. The lowest BCUT2D eigenvalue weighted by Gasteiger charge is -2.36.